The Morgan fingerprint density at radius 3 is 2.58 bits per heavy atom. The highest BCUT2D eigenvalue weighted by Gasteiger charge is 2.10. The first kappa shape index (κ1) is 16.1. The number of nitrogens with two attached hydrogens (primary N) is 2. The van der Waals surface area contributed by atoms with Gasteiger partial charge in [0.25, 0.3) is 0 Å². The molecule has 0 fully saturated rings. The highest BCUT2D eigenvalue weighted by atomic mass is 16.5. The van der Waals surface area contributed by atoms with Crippen LogP contribution in [-0.2, 0) is 24.2 Å². The summed E-state index contributed by atoms with van der Waals surface area (Å²) >= 11 is 0. The number of benzene rings is 2. The van der Waals surface area contributed by atoms with Gasteiger partial charge in [-0.2, -0.15) is 0 Å². The summed E-state index contributed by atoms with van der Waals surface area (Å²) in [4.78, 5) is 10.8. The zero-order chi connectivity index (χ0) is 16.9. The molecule has 2 aromatic carbocycles. The first-order valence-electron chi connectivity index (χ1n) is 7.94. The van der Waals surface area contributed by atoms with Gasteiger partial charge in [0.1, 0.15) is 0 Å². The van der Waals surface area contributed by atoms with Crippen LogP contribution >= 0.6 is 0 Å². The van der Waals surface area contributed by atoms with Crippen molar-refractivity contribution >= 4 is 17.0 Å². The van der Waals surface area contributed by atoms with Crippen LogP contribution in [0.3, 0.4) is 0 Å². The molecule has 5 heteroatoms. The molecule has 3 rings (SSSR count). The Morgan fingerprint density at radius 1 is 1.08 bits per heavy atom. The van der Waals surface area contributed by atoms with Crippen molar-refractivity contribution in [2.24, 2.45) is 11.5 Å². The summed E-state index contributed by atoms with van der Waals surface area (Å²) in [5.41, 5.74) is 15.4. The number of carbonyl (C=O) groups is 1. The van der Waals surface area contributed by atoms with E-state index in [1.54, 1.807) is 0 Å². The molecule has 24 heavy (non-hydrogen) atoms. The van der Waals surface area contributed by atoms with Gasteiger partial charge in [0.15, 0.2) is 0 Å². The Balaban J connectivity index is 1.95. The fourth-order valence-electron chi connectivity index (χ4n) is 2.91. The maximum absolute atomic E-state index is 10.8. The molecule has 0 bridgehead atoms. The molecule has 5 nitrogen and oxygen atoms in total. The summed E-state index contributed by atoms with van der Waals surface area (Å²) in [6.45, 7) is 1.56. The third kappa shape index (κ3) is 3.58. The average Bonchev–Trinajstić information content (AvgIpc) is 2.92. The number of aromatic nitrogens is 1. The fraction of sp³-hybridized carbons (Fsp3) is 0.211. The number of nitrogens with zero attached hydrogens (tertiary/aromatic N) is 1. The van der Waals surface area contributed by atoms with Gasteiger partial charge >= 0.3 is 6.09 Å². The van der Waals surface area contributed by atoms with Crippen molar-refractivity contribution in [2.75, 3.05) is 6.61 Å². The van der Waals surface area contributed by atoms with Crippen LogP contribution in [0.4, 0.5) is 4.79 Å². The Hall–Kier alpha value is -2.79. The molecule has 0 radical (unpaired) electrons. The molecule has 0 atom stereocenters. The zero-order valence-corrected chi connectivity index (χ0v) is 13.4. The predicted molar refractivity (Wildman–Crippen MR) is 94.6 cm³/mol. The van der Waals surface area contributed by atoms with Crippen molar-refractivity contribution in [1.82, 2.24) is 4.57 Å². The predicted octanol–water partition coefficient (Wildman–Crippen LogP) is 2.79. The Labute approximate surface area is 140 Å². The molecule has 0 saturated carbocycles. The smallest absolute Gasteiger partial charge is 0.404 e. The van der Waals surface area contributed by atoms with Gasteiger partial charge in [0.05, 0.1) is 6.61 Å². The van der Waals surface area contributed by atoms with Crippen LogP contribution in [0.25, 0.3) is 10.9 Å². The number of amides is 1. The van der Waals surface area contributed by atoms with Gasteiger partial charge in [-0.1, -0.05) is 42.5 Å². The monoisotopic (exact) mass is 323 g/mol. The molecule has 124 valence electrons. The zero-order valence-electron chi connectivity index (χ0n) is 13.4. The van der Waals surface area contributed by atoms with Crippen LogP contribution in [0.15, 0.2) is 54.7 Å². The van der Waals surface area contributed by atoms with Crippen molar-refractivity contribution in [1.29, 1.82) is 0 Å². The standard InChI is InChI=1S/C19H21N3O2/c20-11-15-6-7-17-16(8-9-24-19(21)23)13-22(18(17)10-15)12-14-4-2-1-3-5-14/h1-7,10,13H,8-9,11-12,20H2,(H2,21,23). The normalized spacial score (nSPS) is 10.9. The van der Waals surface area contributed by atoms with E-state index in [9.17, 15) is 4.79 Å². The van der Waals surface area contributed by atoms with E-state index >= 15 is 0 Å². The number of fused-ring (bicyclic) bond motifs is 1. The van der Waals surface area contributed by atoms with E-state index in [0.29, 0.717) is 13.0 Å². The molecule has 0 saturated heterocycles. The molecule has 0 aliphatic heterocycles. The number of ether oxygens (including phenoxy) is 1. The van der Waals surface area contributed by atoms with Crippen LogP contribution in [0.1, 0.15) is 16.7 Å². The molecular formula is C19H21N3O2. The minimum Gasteiger partial charge on any atom is -0.449 e. The lowest BCUT2D eigenvalue weighted by atomic mass is 10.1. The average molecular weight is 323 g/mol. The number of hydrogen-bond donors (Lipinski definition) is 2. The van der Waals surface area contributed by atoms with Crippen LogP contribution in [-0.4, -0.2) is 17.3 Å². The third-order valence-electron chi connectivity index (χ3n) is 4.08. The lowest BCUT2D eigenvalue weighted by molar-refractivity contribution is 0.158. The Kier molecular flexibility index (Phi) is 4.82. The van der Waals surface area contributed by atoms with E-state index in [2.05, 4.69) is 35.0 Å². The van der Waals surface area contributed by atoms with Crippen molar-refractivity contribution in [3.8, 4) is 0 Å². The molecule has 0 unspecified atom stereocenters. The van der Waals surface area contributed by atoms with Gasteiger partial charge in [0, 0.05) is 36.6 Å². The topological polar surface area (TPSA) is 83.3 Å². The summed E-state index contributed by atoms with van der Waals surface area (Å²) < 4.78 is 7.09. The first-order valence-corrected chi connectivity index (χ1v) is 7.94. The molecule has 0 aliphatic carbocycles. The summed E-state index contributed by atoms with van der Waals surface area (Å²) in [6.07, 6.45) is 2.00. The highest BCUT2D eigenvalue weighted by molar-refractivity contribution is 5.85. The third-order valence-corrected chi connectivity index (χ3v) is 4.08. The van der Waals surface area contributed by atoms with Gasteiger partial charge in [-0.15, -0.1) is 0 Å². The maximum Gasteiger partial charge on any atom is 0.404 e. The molecule has 4 N–H and O–H groups in total. The van der Waals surface area contributed by atoms with E-state index in [4.69, 9.17) is 16.2 Å². The maximum atomic E-state index is 10.8. The quantitative estimate of drug-likeness (QED) is 0.731. The lowest BCUT2D eigenvalue weighted by Crippen LogP contribution is -2.14. The first-order chi connectivity index (χ1) is 11.7. The minimum atomic E-state index is -0.742. The van der Waals surface area contributed by atoms with E-state index in [1.165, 1.54) is 5.56 Å². The SMILES string of the molecule is NCc1ccc2c(CCOC(N)=O)cn(Cc3ccccc3)c2c1. The number of primary amides is 1. The largest absolute Gasteiger partial charge is 0.449 e. The molecule has 1 heterocycles. The van der Waals surface area contributed by atoms with Crippen LogP contribution in [0, 0.1) is 0 Å². The molecule has 0 spiro atoms. The van der Waals surface area contributed by atoms with E-state index in [-0.39, 0.29) is 6.61 Å². The summed E-state index contributed by atoms with van der Waals surface area (Å²) in [5.74, 6) is 0. The highest BCUT2D eigenvalue weighted by Crippen LogP contribution is 2.24. The molecule has 3 aromatic rings. The van der Waals surface area contributed by atoms with E-state index in [0.717, 1.165) is 28.6 Å². The van der Waals surface area contributed by atoms with E-state index in [1.807, 2.05) is 24.3 Å². The van der Waals surface area contributed by atoms with Crippen molar-refractivity contribution in [3.63, 3.8) is 0 Å². The summed E-state index contributed by atoms with van der Waals surface area (Å²) in [6, 6.07) is 16.5. The van der Waals surface area contributed by atoms with Gasteiger partial charge in [0.2, 0.25) is 0 Å². The van der Waals surface area contributed by atoms with Crippen molar-refractivity contribution in [3.05, 3.63) is 71.4 Å². The Bertz CT molecular complexity index is 840. The van der Waals surface area contributed by atoms with Crippen molar-refractivity contribution in [2.45, 2.75) is 19.5 Å². The van der Waals surface area contributed by atoms with E-state index < -0.39 is 6.09 Å². The van der Waals surface area contributed by atoms with Crippen LogP contribution in [0.2, 0.25) is 0 Å². The molecule has 0 aliphatic rings. The lowest BCUT2D eigenvalue weighted by Gasteiger charge is -2.06. The van der Waals surface area contributed by atoms with Gasteiger partial charge in [-0.3, -0.25) is 0 Å². The summed E-state index contributed by atoms with van der Waals surface area (Å²) in [5, 5.41) is 1.15. The Morgan fingerprint density at radius 2 is 1.88 bits per heavy atom. The second-order valence-corrected chi connectivity index (χ2v) is 5.74. The van der Waals surface area contributed by atoms with Gasteiger partial charge in [-0.05, 0) is 22.8 Å². The second-order valence-electron chi connectivity index (χ2n) is 5.74. The van der Waals surface area contributed by atoms with Crippen molar-refractivity contribution < 1.29 is 9.53 Å². The van der Waals surface area contributed by atoms with Gasteiger partial charge in [-0.25, -0.2) is 4.79 Å². The minimum absolute atomic E-state index is 0.276. The van der Waals surface area contributed by atoms with Gasteiger partial charge < -0.3 is 20.8 Å². The molecular weight excluding hydrogens is 302 g/mol. The molecule has 1 aromatic heterocycles. The fourth-order valence-corrected chi connectivity index (χ4v) is 2.91. The summed E-state index contributed by atoms with van der Waals surface area (Å²) in [7, 11) is 0. The number of hydrogen-bond acceptors (Lipinski definition) is 3. The van der Waals surface area contributed by atoms with Crippen LogP contribution < -0.4 is 11.5 Å². The number of rotatable bonds is 6. The van der Waals surface area contributed by atoms with Crippen LogP contribution in [0.5, 0.6) is 0 Å². The second kappa shape index (κ2) is 7.19. The number of carbonyl (C=O) groups excluding carboxylic acids is 1. The molecule has 1 amide bonds.